The minimum Gasteiger partial charge on any atom is -0.361 e. The van der Waals surface area contributed by atoms with Crippen molar-refractivity contribution in [2.45, 2.75) is 24.9 Å². The number of hydrogen-bond donors (Lipinski definition) is 3. The van der Waals surface area contributed by atoms with Crippen molar-refractivity contribution in [2.24, 2.45) is 0 Å². The minimum atomic E-state index is -0.550. The van der Waals surface area contributed by atoms with Gasteiger partial charge in [-0.1, -0.05) is 36.4 Å². The van der Waals surface area contributed by atoms with Gasteiger partial charge in [-0.15, -0.1) is 0 Å². The lowest BCUT2D eigenvalue weighted by atomic mass is 9.97. The van der Waals surface area contributed by atoms with E-state index in [0.29, 0.717) is 12.8 Å². The molecule has 2 atom stereocenters. The highest BCUT2D eigenvalue weighted by atomic mass is 16.2. The van der Waals surface area contributed by atoms with Gasteiger partial charge in [0.05, 0.1) is 0 Å². The van der Waals surface area contributed by atoms with E-state index in [-0.39, 0.29) is 11.8 Å². The van der Waals surface area contributed by atoms with E-state index in [0.717, 1.165) is 32.9 Å². The van der Waals surface area contributed by atoms with Crippen molar-refractivity contribution in [2.75, 3.05) is 7.05 Å². The van der Waals surface area contributed by atoms with Crippen LogP contribution in [-0.2, 0) is 22.4 Å². The second-order valence-corrected chi connectivity index (χ2v) is 7.65. The number of likely N-dealkylation sites (N-methyl/N-ethyl adjacent to an activating group) is 1. The molecule has 1 saturated heterocycles. The van der Waals surface area contributed by atoms with Gasteiger partial charge in [-0.25, -0.2) is 0 Å². The Balaban J connectivity index is 1.36. The highest BCUT2D eigenvalue weighted by molar-refractivity contribution is 5.98. The van der Waals surface area contributed by atoms with Gasteiger partial charge in [0.15, 0.2) is 0 Å². The summed E-state index contributed by atoms with van der Waals surface area (Å²) in [6.45, 7) is 0. The van der Waals surface area contributed by atoms with Gasteiger partial charge >= 0.3 is 0 Å². The van der Waals surface area contributed by atoms with E-state index in [9.17, 15) is 9.59 Å². The molecular formula is C23H22N4O2. The Bertz CT molecular complexity index is 1220. The molecule has 2 aromatic heterocycles. The molecule has 1 fully saturated rings. The number of rotatable bonds is 4. The predicted molar refractivity (Wildman–Crippen MR) is 112 cm³/mol. The maximum atomic E-state index is 13.0. The predicted octanol–water partition coefficient (Wildman–Crippen LogP) is 2.76. The second kappa shape index (κ2) is 6.81. The number of amides is 2. The summed E-state index contributed by atoms with van der Waals surface area (Å²) < 4.78 is 0. The first-order valence-corrected chi connectivity index (χ1v) is 9.79. The van der Waals surface area contributed by atoms with E-state index in [2.05, 4.69) is 15.3 Å². The number of benzene rings is 2. The van der Waals surface area contributed by atoms with E-state index < -0.39 is 12.1 Å². The number of H-pyrrole nitrogens is 2. The molecule has 3 heterocycles. The fourth-order valence-electron chi connectivity index (χ4n) is 4.30. The summed E-state index contributed by atoms with van der Waals surface area (Å²) in [4.78, 5) is 34.0. The van der Waals surface area contributed by atoms with E-state index in [1.165, 1.54) is 0 Å². The summed E-state index contributed by atoms with van der Waals surface area (Å²) in [5.74, 6) is -0.165. The molecule has 6 nitrogen and oxygen atoms in total. The minimum absolute atomic E-state index is 0.0558. The Hall–Kier alpha value is -3.54. The first-order valence-electron chi connectivity index (χ1n) is 9.79. The maximum Gasteiger partial charge on any atom is 0.245 e. The molecule has 3 N–H and O–H groups in total. The molecule has 0 bridgehead atoms. The van der Waals surface area contributed by atoms with Crippen LogP contribution in [0.2, 0.25) is 0 Å². The van der Waals surface area contributed by atoms with Gasteiger partial charge in [-0.2, -0.15) is 0 Å². The number of fused-ring (bicyclic) bond motifs is 2. The summed E-state index contributed by atoms with van der Waals surface area (Å²) in [5, 5.41) is 5.12. The first-order chi connectivity index (χ1) is 14.1. The van der Waals surface area contributed by atoms with Gasteiger partial charge in [0.1, 0.15) is 12.1 Å². The van der Waals surface area contributed by atoms with Gasteiger partial charge in [0.25, 0.3) is 0 Å². The number of aromatic amines is 2. The van der Waals surface area contributed by atoms with Crippen molar-refractivity contribution < 1.29 is 9.59 Å². The Labute approximate surface area is 167 Å². The summed E-state index contributed by atoms with van der Waals surface area (Å²) in [5.41, 5.74) is 4.13. The zero-order valence-electron chi connectivity index (χ0n) is 16.1. The molecule has 29 heavy (non-hydrogen) atoms. The number of hydrogen-bond acceptors (Lipinski definition) is 2. The standard InChI is InChI=1S/C23H22N4O2/c1-27-21(11-15-13-25-19-9-5-3-7-17(15)19)22(28)26-20(23(27)29)10-14-12-24-18-8-4-2-6-16(14)18/h2-9,12-13,20-21,24-25H,10-11H2,1H3,(H,26,28)/t20-,21-/m0/s1. The normalized spacial score (nSPS) is 19.8. The lowest BCUT2D eigenvalue weighted by Crippen LogP contribution is -2.63. The van der Waals surface area contributed by atoms with E-state index in [1.807, 2.05) is 60.9 Å². The van der Waals surface area contributed by atoms with Crippen LogP contribution in [0.15, 0.2) is 60.9 Å². The van der Waals surface area contributed by atoms with E-state index >= 15 is 0 Å². The van der Waals surface area contributed by atoms with Crippen LogP contribution in [0.4, 0.5) is 0 Å². The molecule has 146 valence electrons. The quantitative estimate of drug-likeness (QED) is 0.504. The average molecular weight is 386 g/mol. The summed E-state index contributed by atoms with van der Waals surface area (Å²) >= 11 is 0. The van der Waals surface area contributed by atoms with E-state index in [4.69, 9.17) is 0 Å². The maximum absolute atomic E-state index is 13.0. The highest BCUT2D eigenvalue weighted by Gasteiger charge is 2.38. The SMILES string of the molecule is CN1C(=O)[C@H](Cc2c[nH]c3ccccc23)NC(=O)[C@@H]1Cc1c[nH]c2ccccc12. The third-order valence-corrected chi connectivity index (χ3v) is 5.92. The van der Waals surface area contributed by atoms with E-state index in [1.54, 1.807) is 11.9 Å². The zero-order valence-corrected chi connectivity index (χ0v) is 16.1. The molecular weight excluding hydrogens is 364 g/mol. The molecule has 0 spiro atoms. The van der Waals surface area contributed by atoms with Crippen LogP contribution in [0.1, 0.15) is 11.1 Å². The molecule has 1 aliphatic rings. The van der Waals surface area contributed by atoms with Gasteiger partial charge < -0.3 is 20.2 Å². The largest absolute Gasteiger partial charge is 0.361 e. The smallest absolute Gasteiger partial charge is 0.245 e. The monoisotopic (exact) mass is 386 g/mol. The fourth-order valence-corrected chi connectivity index (χ4v) is 4.30. The van der Waals surface area contributed by atoms with Crippen LogP contribution in [-0.4, -0.2) is 45.8 Å². The lowest BCUT2D eigenvalue weighted by Gasteiger charge is -2.36. The Morgan fingerprint density at radius 1 is 0.828 bits per heavy atom. The number of carbonyl (C=O) groups excluding carboxylic acids is 2. The number of piperazine rings is 1. The molecule has 2 aromatic carbocycles. The number of nitrogens with one attached hydrogen (secondary N) is 3. The third-order valence-electron chi connectivity index (χ3n) is 5.92. The summed E-state index contributed by atoms with van der Waals surface area (Å²) in [6.07, 6.45) is 4.80. The van der Waals surface area contributed by atoms with Crippen molar-refractivity contribution in [1.82, 2.24) is 20.2 Å². The third kappa shape index (κ3) is 2.97. The second-order valence-electron chi connectivity index (χ2n) is 7.65. The van der Waals surface area contributed by atoms with Gasteiger partial charge in [-0.3, -0.25) is 9.59 Å². The Kier molecular flexibility index (Phi) is 4.12. The molecule has 6 heteroatoms. The lowest BCUT2D eigenvalue weighted by molar-refractivity contribution is -0.147. The van der Waals surface area contributed by atoms with Crippen LogP contribution in [0.3, 0.4) is 0 Å². The molecule has 4 aromatic rings. The number of aromatic nitrogens is 2. The van der Waals surface area contributed by atoms with Gasteiger partial charge in [0.2, 0.25) is 11.8 Å². The molecule has 0 unspecified atom stereocenters. The molecule has 0 aliphatic carbocycles. The fraction of sp³-hybridized carbons (Fsp3) is 0.217. The summed E-state index contributed by atoms with van der Waals surface area (Å²) in [6, 6.07) is 14.9. The molecule has 0 saturated carbocycles. The highest BCUT2D eigenvalue weighted by Crippen LogP contribution is 2.24. The van der Waals surface area contributed by atoms with Crippen molar-refractivity contribution in [3.63, 3.8) is 0 Å². The first kappa shape index (κ1) is 17.6. The number of carbonyl (C=O) groups is 2. The summed E-state index contributed by atoms with van der Waals surface area (Å²) in [7, 11) is 1.73. The Morgan fingerprint density at radius 2 is 1.38 bits per heavy atom. The number of nitrogens with zero attached hydrogens (tertiary/aromatic N) is 1. The van der Waals surface area contributed by atoms with Crippen molar-refractivity contribution in [3.8, 4) is 0 Å². The molecule has 2 amide bonds. The molecule has 1 aliphatic heterocycles. The van der Waals surface area contributed by atoms with Gasteiger partial charge in [0, 0.05) is 54.1 Å². The van der Waals surface area contributed by atoms with Crippen LogP contribution in [0.5, 0.6) is 0 Å². The van der Waals surface area contributed by atoms with Gasteiger partial charge in [-0.05, 0) is 23.3 Å². The van der Waals surface area contributed by atoms with Crippen LogP contribution < -0.4 is 5.32 Å². The topological polar surface area (TPSA) is 81.0 Å². The van der Waals surface area contributed by atoms with Crippen LogP contribution in [0.25, 0.3) is 21.8 Å². The zero-order chi connectivity index (χ0) is 20.0. The number of para-hydroxylation sites is 2. The molecule has 5 rings (SSSR count). The van der Waals surface area contributed by atoms with Crippen molar-refractivity contribution in [1.29, 1.82) is 0 Å². The van der Waals surface area contributed by atoms with Crippen LogP contribution >= 0.6 is 0 Å². The molecule has 0 radical (unpaired) electrons. The van der Waals surface area contributed by atoms with Crippen molar-refractivity contribution in [3.05, 3.63) is 72.1 Å². The Morgan fingerprint density at radius 3 is 2.00 bits per heavy atom. The van der Waals surface area contributed by atoms with Crippen molar-refractivity contribution >= 4 is 33.6 Å². The van der Waals surface area contributed by atoms with Crippen LogP contribution in [0, 0.1) is 0 Å². The average Bonchev–Trinajstić information content (AvgIpc) is 3.34.